The Morgan fingerprint density at radius 3 is 2.29 bits per heavy atom. The van der Waals surface area contributed by atoms with Gasteiger partial charge in [0.05, 0.1) is 6.10 Å². The Hall–Kier alpha value is -3.42. The molecule has 0 radical (unpaired) electrons. The zero-order valence-corrected chi connectivity index (χ0v) is 22.9. The molecule has 3 aromatic rings. The Morgan fingerprint density at radius 2 is 1.66 bits per heavy atom. The molecule has 0 bridgehead atoms. The van der Waals surface area contributed by atoms with Gasteiger partial charge in [0.15, 0.2) is 0 Å². The maximum Gasteiger partial charge on any atom is 0.405 e. The third-order valence-corrected chi connectivity index (χ3v) is 5.46. The van der Waals surface area contributed by atoms with Crippen LogP contribution in [0.1, 0.15) is 56.4 Å². The third-order valence-electron chi connectivity index (χ3n) is 5.46. The van der Waals surface area contributed by atoms with Crippen molar-refractivity contribution in [3.05, 3.63) is 101 Å². The summed E-state index contributed by atoms with van der Waals surface area (Å²) in [7, 11) is 0. The predicted octanol–water partition coefficient (Wildman–Crippen LogP) is 5.93. The van der Waals surface area contributed by atoms with Gasteiger partial charge in [-0.15, -0.1) is 0 Å². The lowest BCUT2D eigenvalue weighted by atomic mass is 10.1. The van der Waals surface area contributed by atoms with Gasteiger partial charge in [-0.25, -0.2) is 9.18 Å². The second kappa shape index (κ2) is 15.7. The molecule has 0 aliphatic heterocycles. The van der Waals surface area contributed by atoms with E-state index in [1.54, 1.807) is 20.8 Å². The molecular weight excluding hydrogens is 483 g/mol. The molecule has 4 N–H and O–H groups in total. The van der Waals surface area contributed by atoms with E-state index in [4.69, 9.17) is 10.5 Å². The highest BCUT2D eigenvalue weighted by Gasteiger charge is 2.12. The van der Waals surface area contributed by atoms with Crippen LogP contribution in [0.5, 0.6) is 5.75 Å². The minimum Gasteiger partial charge on any atom is -0.489 e. The van der Waals surface area contributed by atoms with Crippen LogP contribution in [0.25, 0.3) is 0 Å². The van der Waals surface area contributed by atoms with Crippen molar-refractivity contribution in [2.75, 3.05) is 6.54 Å². The Morgan fingerprint density at radius 1 is 0.974 bits per heavy atom. The summed E-state index contributed by atoms with van der Waals surface area (Å²) < 4.78 is 24.3. The van der Waals surface area contributed by atoms with Crippen molar-refractivity contribution < 1.29 is 23.8 Å². The molecule has 0 saturated heterocycles. The van der Waals surface area contributed by atoms with Gasteiger partial charge in [0, 0.05) is 19.2 Å². The molecule has 6 nitrogen and oxygen atoms in total. The lowest BCUT2D eigenvalue weighted by Crippen LogP contribution is -2.27. The minimum atomic E-state index is -0.725. The average molecular weight is 525 g/mol. The molecule has 0 heterocycles. The van der Waals surface area contributed by atoms with Crippen molar-refractivity contribution in [1.29, 1.82) is 0 Å². The molecule has 38 heavy (non-hydrogen) atoms. The second-order valence-electron chi connectivity index (χ2n) is 10.1. The Kier molecular flexibility index (Phi) is 12.8. The van der Waals surface area contributed by atoms with Crippen molar-refractivity contribution in [2.45, 2.75) is 71.8 Å². The van der Waals surface area contributed by atoms with E-state index in [-0.39, 0.29) is 5.82 Å². The summed E-state index contributed by atoms with van der Waals surface area (Å²) in [6.07, 6.45) is 0.951. The number of halogens is 1. The van der Waals surface area contributed by atoms with Crippen molar-refractivity contribution in [2.24, 2.45) is 5.73 Å². The molecule has 0 aliphatic rings. The van der Waals surface area contributed by atoms with Crippen LogP contribution in [0.3, 0.4) is 0 Å². The van der Waals surface area contributed by atoms with Crippen LogP contribution in [0, 0.1) is 5.82 Å². The SMILES string of the molecule is CC(C)(C)OC(N)=O.CCc1cccc(CNCC(O)CCc2cc(F)cc(OCc3ccccc3)c2)c1. The lowest BCUT2D eigenvalue weighted by molar-refractivity contribution is 0.0600. The van der Waals surface area contributed by atoms with E-state index < -0.39 is 17.8 Å². The average Bonchev–Trinajstić information content (AvgIpc) is 2.86. The molecule has 0 fully saturated rings. The van der Waals surface area contributed by atoms with Gasteiger partial charge in [-0.3, -0.25) is 0 Å². The number of aryl methyl sites for hydroxylation is 2. The maximum atomic E-state index is 14.0. The van der Waals surface area contributed by atoms with E-state index in [0.29, 0.717) is 31.7 Å². The Balaban J connectivity index is 0.000000550. The number of nitrogens with one attached hydrogen (secondary N) is 1. The van der Waals surface area contributed by atoms with Crippen LogP contribution in [-0.4, -0.2) is 29.4 Å². The number of aliphatic hydroxyl groups is 1. The molecule has 1 unspecified atom stereocenters. The van der Waals surface area contributed by atoms with Crippen LogP contribution in [0.2, 0.25) is 0 Å². The molecule has 0 aliphatic carbocycles. The first-order chi connectivity index (χ1) is 18.0. The maximum absolute atomic E-state index is 14.0. The van der Waals surface area contributed by atoms with E-state index in [9.17, 15) is 14.3 Å². The minimum absolute atomic E-state index is 0.320. The fourth-order valence-electron chi connectivity index (χ4n) is 3.67. The number of hydrogen-bond donors (Lipinski definition) is 3. The number of aliphatic hydroxyl groups excluding tert-OH is 1. The van der Waals surface area contributed by atoms with E-state index in [1.165, 1.54) is 23.3 Å². The predicted molar refractivity (Wildman–Crippen MR) is 149 cm³/mol. The summed E-state index contributed by atoms with van der Waals surface area (Å²) in [4.78, 5) is 10.0. The topological polar surface area (TPSA) is 93.8 Å². The van der Waals surface area contributed by atoms with Gasteiger partial charge in [-0.05, 0) is 74.4 Å². The summed E-state index contributed by atoms with van der Waals surface area (Å²) >= 11 is 0. The third kappa shape index (κ3) is 13.2. The van der Waals surface area contributed by atoms with Gasteiger partial charge < -0.3 is 25.6 Å². The normalized spacial score (nSPS) is 11.7. The smallest absolute Gasteiger partial charge is 0.405 e. The quantitative estimate of drug-likeness (QED) is 0.289. The zero-order valence-electron chi connectivity index (χ0n) is 22.9. The van der Waals surface area contributed by atoms with Crippen molar-refractivity contribution in [1.82, 2.24) is 5.32 Å². The van der Waals surface area contributed by atoms with Gasteiger partial charge >= 0.3 is 6.09 Å². The highest BCUT2D eigenvalue weighted by atomic mass is 19.1. The number of hydrogen-bond acceptors (Lipinski definition) is 5. The van der Waals surface area contributed by atoms with Gasteiger partial charge in [0.1, 0.15) is 23.8 Å². The van der Waals surface area contributed by atoms with E-state index in [1.807, 2.05) is 36.4 Å². The number of carbonyl (C=O) groups is 1. The fourth-order valence-corrected chi connectivity index (χ4v) is 3.67. The molecular formula is C31H41FN2O4. The molecule has 0 spiro atoms. The number of carbonyl (C=O) groups excluding carboxylic acids is 1. The van der Waals surface area contributed by atoms with Crippen LogP contribution >= 0.6 is 0 Å². The standard InChI is InChI=1S/C26H30FNO2.C5H11NO2/c1-2-20-9-6-10-23(13-20)17-28-18-25(29)12-11-22-14-24(27)16-26(15-22)30-19-21-7-4-3-5-8-21;1-5(2,3)8-4(6)7/h3-10,13-16,25,28-29H,2,11-12,17-19H2,1H3;1-3H3,(H2,6,7). The van der Waals surface area contributed by atoms with Crippen LogP contribution in [0.4, 0.5) is 9.18 Å². The molecule has 7 heteroatoms. The van der Waals surface area contributed by atoms with Crippen LogP contribution in [-0.2, 0) is 30.7 Å². The van der Waals surface area contributed by atoms with Gasteiger partial charge in [0.25, 0.3) is 0 Å². The van der Waals surface area contributed by atoms with Crippen molar-refractivity contribution >= 4 is 6.09 Å². The number of nitrogens with two attached hydrogens (primary N) is 1. The summed E-state index contributed by atoms with van der Waals surface area (Å²) in [5, 5.41) is 13.6. The summed E-state index contributed by atoms with van der Waals surface area (Å²) in [5.74, 6) is 0.191. The summed E-state index contributed by atoms with van der Waals surface area (Å²) in [6, 6.07) is 23.0. The first kappa shape index (κ1) is 30.8. The molecule has 1 amide bonds. The van der Waals surface area contributed by atoms with E-state index in [0.717, 1.165) is 24.1 Å². The van der Waals surface area contributed by atoms with E-state index in [2.05, 4.69) is 41.2 Å². The van der Waals surface area contributed by atoms with Crippen LogP contribution in [0.15, 0.2) is 72.8 Å². The molecule has 0 saturated carbocycles. The Bertz CT molecular complexity index is 1120. The number of rotatable bonds is 11. The number of primary amides is 1. The van der Waals surface area contributed by atoms with E-state index >= 15 is 0 Å². The van der Waals surface area contributed by atoms with Crippen LogP contribution < -0.4 is 15.8 Å². The highest BCUT2D eigenvalue weighted by molar-refractivity contribution is 5.65. The van der Waals surface area contributed by atoms with Gasteiger partial charge in [-0.2, -0.15) is 0 Å². The second-order valence-corrected chi connectivity index (χ2v) is 10.1. The number of amides is 1. The lowest BCUT2D eigenvalue weighted by Gasteiger charge is -2.16. The van der Waals surface area contributed by atoms with Crippen molar-refractivity contribution in [3.8, 4) is 5.75 Å². The van der Waals surface area contributed by atoms with Gasteiger partial charge in [0.2, 0.25) is 0 Å². The fraction of sp³-hybridized carbons (Fsp3) is 0.387. The molecule has 3 aromatic carbocycles. The zero-order chi connectivity index (χ0) is 28.0. The first-order valence-electron chi connectivity index (χ1n) is 13.0. The highest BCUT2D eigenvalue weighted by Crippen LogP contribution is 2.19. The van der Waals surface area contributed by atoms with Crippen molar-refractivity contribution in [3.63, 3.8) is 0 Å². The number of ether oxygens (including phenoxy) is 2. The summed E-state index contributed by atoms with van der Waals surface area (Å²) in [6.45, 7) is 9.05. The molecule has 3 rings (SSSR count). The molecule has 1 atom stereocenters. The first-order valence-corrected chi connectivity index (χ1v) is 13.0. The number of benzene rings is 3. The molecule has 0 aromatic heterocycles. The summed E-state index contributed by atoms with van der Waals surface area (Å²) in [5.41, 5.74) is 8.65. The largest absolute Gasteiger partial charge is 0.489 e. The van der Waals surface area contributed by atoms with Gasteiger partial charge in [-0.1, -0.05) is 61.5 Å². The monoisotopic (exact) mass is 524 g/mol. The molecule has 206 valence electrons. The Labute approximate surface area is 226 Å².